The van der Waals surface area contributed by atoms with E-state index in [4.69, 9.17) is 14.2 Å². The average molecular weight is 581 g/mol. The van der Waals surface area contributed by atoms with Gasteiger partial charge in [-0.3, -0.25) is 0 Å². The molecular formula is C30H61O6PS. The molecule has 0 saturated carbocycles. The maximum atomic E-state index is 11.8. The Kier molecular flexibility index (Phi) is 27.1. The Bertz CT molecular complexity index is 553. The Balaban J connectivity index is 4.23. The number of rotatable bonds is 29. The maximum Gasteiger partial charge on any atom is 0.374 e. The Labute approximate surface area is 240 Å². The number of esters is 1. The highest BCUT2D eigenvalue weighted by Gasteiger charge is 2.38. The number of hydrogen-bond acceptors (Lipinski definition) is 7. The van der Waals surface area contributed by atoms with Gasteiger partial charge in [0.1, 0.15) is 8.46 Å². The molecule has 0 heterocycles. The third kappa shape index (κ3) is 20.8. The van der Waals surface area contributed by atoms with Crippen molar-refractivity contribution in [1.29, 1.82) is 0 Å². The van der Waals surface area contributed by atoms with E-state index in [0.717, 1.165) is 0 Å². The van der Waals surface area contributed by atoms with E-state index in [9.17, 15) is 14.5 Å². The topological polar surface area (TPSA) is 82.1 Å². The monoisotopic (exact) mass is 580 g/mol. The van der Waals surface area contributed by atoms with Gasteiger partial charge in [0.15, 0.2) is 0 Å². The lowest BCUT2D eigenvalue weighted by Crippen LogP contribution is -2.38. The van der Waals surface area contributed by atoms with Crippen molar-refractivity contribution in [2.24, 2.45) is 0 Å². The molecule has 0 aromatic carbocycles. The van der Waals surface area contributed by atoms with Gasteiger partial charge in [0.25, 0.3) is 0 Å². The first-order chi connectivity index (χ1) is 18.4. The highest BCUT2D eigenvalue weighted by molar-refractivity contribution is 7.99. The van der Waals surface area contributed by atoms with E-state index in [1.807, 2.05) is 0 Å². The molecule has 8 heteroatoms. The molecule has 0 rings (SSSR count). The molecule has 0 aliphatic heterocycles. The second-order valence-corrected chi connectivity index (χ2v) is 12.8. The van der Waals surface area contributed by atoms with Crippen LogP contribution in [0.3, 0.4) is 0 Å². The highest BCUT2D eigenvalue weighted by atomic mass is 32.2. The van der Waals surface area contributed by atoms with Crippen molar-refractivity contribution in [3.05, 3.63) is 0 Å². The molecule has 0 radical (unpaired) electrons. The Morgan fingerprint density at radius 1 is 0.789 bits per heavy atom. The van der Waals surface area contributed by atoms with Crippen LogP contribution in [0.4, 0.5) is 0 Å². The van der Waals surface area contributed by atoms with Crippen LogP contribution in [0.25, 0.3) is 0 Å². The minimum atomic E-state index is -2.33. The summed E-state index contributed by atoms with van der Waals surface area (Å²) in [6.45, 7) is 8.96. The summed E-state index contributed by atoms with van der Waals surface area (Å²) >= 11 is 2.06. The number of aliphatic hydroxyl groups is 1. The molecule has 0 amide bonds. The van der Waals surface area contributed by atoms with Crippen molar-refractivity contribution >= 4 is 26.2 Å². The van der Waals surface area contributed by atoms with E-state index in [-0.39, 0.29) is 19.3 Å². The lowest BCUT2D eigenvalue weighted by Gasteiger charge is -2.25. The molecule has 4 unspecified atom stereocenters. The molecule has 0 aliphatic carbocycles. The molecule has 38 heavy (non-hydrogen) atoms. The SMILES string of the molecule is CCCCCCCCCCCCCSC(CCCCCCC)C(C)OCCCOC(O)([PH2]=O)C(=O)OCC. The fourth-order valence-electron chi connectivity index (χ4n) is 4.44. The van der Waals surface area contributed by atoms with Crippen LogP contribution in [0.5, 0.6) is 0 Å². The van der Waals surface area contributed by atoms with Crippen LogP contribution in [0.2, 0.25) is 0 Å². The predicted molar refractivity (Wildman–Crippen MR) is 164 cm³/mol. The molecule has 0 saturated heterocycles. The van der Waals surface area contributed by atoms with Crippen LogP contribution in [-0.4, -0.2) is 53.5 Å². The molecule has 228 valence electrons. The van der Waals surface area contributed by atoms with E-state index in [1.165, 1.54) is 115 Å². The molecule has 0 spiro atoms. The molecular weight excluding hydrogens is 519 g/mol. The third-order valence-electron chi connectivity index (χ3n) is 6.91. The lowest BCUT2D eigenvalue weighted by atomic mass is 10.1. The van der Waals surface area contributed by atoms with Crippen molar-refractivity contribution in [1.82, 2.24) is 0 Å². The maximum absolute atomic E-state index is 11.8. The number of carbonyl (C=O) groups excluding carboxylic acids is 1. The second-order valence-electron chi connectivity index (χ2n) is 10.5. The standard InChI is InChI=1S/C30H61O6PS/c1-5-8-10-12-13-14-15-16-17-19-21-26-38-28(23-20-18-11-9-6-2)27(4)35-24-22-25-36-30(32,37-33)29(31)34-7-3/h27-28,32H,5-26,37H2,1-4H3. The van der Waals surface area contributed by atoms with Crippen LogP contribution in [0.15, 0.2) is 0 Å². The van der Waals surface area contributed by atoms with Crippen LogP contribution in [-0.2, 0) is 23.6 Å². The number of thioether (sulfide) groups is 1. The Morgan fingerprint density at radius 2 is 1.32 bits per heavy atom. The molecule has 0 aliphatic rings. The predicted octanol–water partition coefficient (Wildman–Crippen LogP) is 8.54. The summed E-state index contributed by atoms with van der Waals surface area (Å²) in [7, 11) is -1.86. The van der Waals surface area contributed by atoms with Gasteiger partial charge in [-0.25, -0.2) is 4.79 Å². The summed E-state index contributed by atoms with van der Waals surface area (Å²) in [5.41, 5.74) is -2.33. The van der Waals surface area contributed by atoms with Crippen LogP contribution in [0.1, 0.15) is 143 Å². The van der Waals surface area contributed by atoms with Gasteiger partial charge in [-0.15, -0.1) is 0 Å². The van der Waals surface area contributed by atoms with Crippen molar-refractivity contribution in [2.75, 3.05) is 25.6 Å². The summed E-state index contributed by atoms with van der Waals surface area (Å²) < 4.78 is 27.4. The van der Waals surface area contributed by atoms with E-state index in [2.05, 4.69) is 32.5 Å². The normalized spacial score (nSPS) is 15.1. The molecule has 0 aromatic heterocycles. The minimum Gasteiger partial charge on any atom is -0.462 e. The van der Waals surface area contributed by atoms with E-state index in [1.54, 1.807) is 6.92 Å². The highest BCUT2D eigenvalue weighted by Crippen LogP contribution is 2.26. The quantitative estimate of drug-likeness (QED) is 0.0411. The number of carbonyl (C=O) groups is 1. The van der Waals surface area contributed by atoms with Crippen molar-refractivity contribution in [2.45, 2.75) is 160 Å². The minimum absolute atomic E-state index is 0.0881. The van der Waals surface area contributed by atoms with Crippen LogP contribution in [0, 0.1) is 0 Å². The molecule has 0 bridgehead atoms. The van der Waals surface area contributed by atoms with Crippen molar-refractivity contribution in [3.63, 3.8) is 0 Å². The third-order valence-corrected chi connectivity index (χ3v) is 9.21. The Morgan fingerprint density at radius 3 is 1.84 bits per heavy atom. The van der Waals surface area contributed by atoms with Gasteiger partial charge in [-0.05, 0) is 38.9 Å². The fourth-order valence-corrected chi connectivity index (χ4v) is 6.16. The zero-order valence-electron chi connectivity index (χ0n) is 25.2. The molecule has 6 nitrogen and oxygen atoms in total. The summed E-state index contributed by atoms with van der Waals surface area (Å²) in [5, 5.41) is 10.6. The van der Waals surface area contributed by atoms with E-state index >= 15 is 0 Å². The number of unbranched alkanes of at least 4 members (excludes halogenated alkanes) is 14. The molecule has 1 N–H and O–H groups in total. The molecule has 0 fully saturated rings. The van der Waals surface area contributed by atoms with Gasteiger partial charge in [0.2, 0.25) is 0 Å². The first-order valence-electron chi connectivity index (χ1n) is 15.7. The van der Waals surface area contributed by atoms with Crippen LogP contribution < -0.4 is 0 Å². The van der Waals surface area contributed by atoms with E-state index < -0.39 is 20.0 Å². The van der Waals surface area contributed by atoms with E-state index in [0.29, 0.717) is 18.3 Å². The number of hydrogen-bond donors (Lipinski definition) is 1. The zero-order valence-corrected chi connectivity index (χ0v) is 27.2. The second kappa shape index (κ2) is 27.1. The largest absolute Gasteiger partial charge is 0.462 e. The van der Waals surface area contributed by atoms with Gasteiger partial charge in [0, 0.05) is 11.9 Å². The van der Waals surface area contributed by atoms with Crippen molar-refractivity contribution in [3.8, 4) is 0 Å². The first-order valence-corrected chi connectivity index (χ1v) is 17.8. The fraction of sp³-hybridized carbons (Fsp3) is 0.967. The lowest BCUT2D eigenvalue weighted by molar-refractivity contribution is -0.196. The van der Waals surface area contributed by atoms with Gasteiger partial charge in [0.05, 0.1) is 19.3 Å². The van der Waals surface area contributed by atoms with Gasteiger partial charge in [-0.2, -0.15) is 11.8 Å². The van der Waals surface area contributed by atoms with Crippen molar-refractivity contribution < 1.29 is 28.7 Å². The summed E-state index contributed by atoms with van der Waals surface area (Å²) in [6, 6.07) is 0. The summed E-state index contributed by atoms with van der Waals surface area (Å²) in [4.78, 5) is 11.8. The van der Waals surface area contributed by atoms with Gasteiger partial charge in [-0.1, -0.05) is 110 Å². The summed E-state index contributed by atoms with van der Waals surface area (Å²) in [6.07, 6.45) is 23.3. The first kappa shape index (κ1) is 37.9. The van der Waals surface area contributed by atoms with Gasteiger partial charge < -0.3 is 23.9 Å². The van der Waals surface area contributed by atoms with Gasteiger partial charge >= 0.3 is 11.5 Å². The Hall–Kier alpha value is -0.0700. The smallest absolute Gasteiger partial charge is 0.374 e. The average Bonchev–Trinajstić information content (AvgIpc) is 2.91. The zero-order chi connectivity index (χ0) is 28.3. The number of ether oxygens (including phenoxy) is 3. The summed E-state index contributed by atoms with van der Waals surface area (Å²) in [5.74, 6) is 0.202. The van der Waals surface area contributed by atoms with Crippen LogP contribution >= 0.6 is 20.2 Å². The molecule has 0 aromatic rings. The molecule has 4 atom stereocenters.